The zero-order valence-electron chi connectivity index (χ0n) is 10.9. The highest BCUT2D eigenvalue weighted by Crippen LogP contribution is 2.26. The highest BCUT2D eigenvalue weighted by molar-refractivity contribution is 6.30. The number of halogens is 1. The van der Waals surface area contributed by atoms with Gasteiger partial charge in [0.25, 0.3) is 0 Å². The first-order valence-electron chi connectivity index (χ1n) is 6.13. The van der Waals surface area contributed by atoms with E-state index in [1.165, 1.54) is 0 Å². The second kappa shape index (κ2) is 5.77. The van der Waals surface area contributed by atoms with Crippen molar-refractivity contribution >= 4 is 17.3 Å². The van der Waals surface area contributed by atoms with Crippen molar-refractivity contribution in [3.05, 3.63) is 64.2 Å². The predicted molar refractivity (Wildman–Crippen MR) is 79.4 cm³/mol. The first-order valence-corrected chi connectivity index (χ1v) is 6.51. The van der Waals surface area contributed by atoms with Crippen LogP contribution in [-0.2, 0) is 0 Å². The molecule has 0 aromatic heterocycles. The van der Waals surface area contributed by atoms with Crippen LogP contribution >= 0.6 is 11.6 Å². The second-order valence-corrected chi connectivity index (χ2v) is 4.97. The number of nitrogens with one attached hydrogen (secondary N) is 1. The van der Waals surface area contributed by atoms with Crippen LogP contribution in [0.3, 0.4) is 0 Å². The van der Waals surface area contributed by atoms with Crippen LogP contribution in [-0.4, -0.2) is 0 Å². The molecule has 0 aliphatic rings. The lowest BCUT2D eigenvalue weighted by Crippen LogP contribution is -2.09. The molecule has 96 valence electrons. The number of hydrogen-bond acceptors (Lipinski definition) is 2. The minimum atomic E-state index is 0.0897. The standard InChI is InChI=1S/C16H15ClN2/c1-11-5-3-7-14(10-18)16(11)19-12(2)13-6-4-8-15(17)9-13/h3-9,12,19H,1-2H3. The highest BCUT2D eigenvalue weighted by Gasteiger charge is 2.10. The van der Waals surface area contributed by atoms with Gasteiger partial charge in [0.2, 0.25) is 0 Å². The fourth-order valence-corrected chi connectivity index (χ4v) is 2.23. The minimum absolute atomic E-state index is 0.0897. The maximum Gasteiger partial charge on any atom is 0.101 e. The first kappa shape index (κ1) is 13.5. The van der Waals surface area contributed by atoms with Crippen LogP contribution in [0.1, 0.15) is 29.7 Å². The van der Waals surface area contributed by atoms with Crippen LogP contribution in [0.5, 0.6) is 0 Å². The molecule has 0 heterocycles. The van der Waals surface area contributed by atoms with Gasteiger partial charge < -0.3 is 5.32 Å². The summed E-state index contributed by atoms with van der Waals surface area (Å²) in [7, 11) is 0. The van der Waals surface area contributed by atoms with Crippen LogP contribution in [0.4, 0.5) is 5.69 Å². The average Bonchev–Trinajstić information content (AvgIpc) is 2.41. The van der Waals surface area contributed by atoms with Crippen molar-refractivity contribution in [1.29, 1.82) is 5.26 Å². The molecule has 0 saturated carbocycles. The molecule has 1 unspecified atom stereocenters. The predicted octanol–water partition coefficient (Wildman–Crippen LogP) is 4.69. The van der Waals surface area contributed by atoms with Crippen molar-refractivity contribution in [2.75, 3.05) is 5.32 Å². The topological polar surface area (TPSA) is 35.8 Å². The summed E-state index contributed by atoms with van der Waals surface area (Å²) in [6.45, 7) is 4.05. The van der Waals surface area contributed by atoms with Gasteiger partial charge in [0.15, 0.2) is 0 Å². The third-order valence-electron chi connectivity index (χ3n) is 3.10. The van der Waals surface area contributed by atoms with Crippen LogP contribution in [0, 0.1) is 18.3 Å². The summed E-state index contributed by atoms with van der Waals surface area (Å²) < 4.78 is 0. The van der Waals surface area contributed by atoms with Crippen LogP contribution in [0.15, 0.2) is 42.5 Å². The Kier molecular flexibility index (Phi) is 4.09. The Morgan fingerprint density at radius 1 is 1.21 bits per heavy atom. The molecule has 0 aliphatic heterocycles. The average molecular weight is 271 g/mol. The Morgan fingerprint density at radius 3 is 2.63 bits per heavy atom. The monoisotopic (exact) mass is 270 g/mol. The number of nitrogens with zero attached hydrogens (tertiary/aromatic N) is 1. The number of aryl methyl sites for hydroxylation is 1. The maximum atomic E-state index is 9.16. The van der Waals surface area contributed by atoms with Gasteiger partial charge in [-0.05, 0) is 43.2 Å². The normalized spacial score (nSPS) is 11.7. The largest absolute Gasteiger partial charge is 0.377 e. The smallest absolute Gasteiger partial charge is 0.101 e. The molecular formula is C16H15ClN2. The fourth-order valence-electron chi connectivity index (χ4n) is 2.03. The lowest BCUT2D eigenvalue weighted by molar-refractivity contribution is 0.882. The number of benzene rings is 2. The molecule has 3 heteroatoms. The Morgan fingerprint density at radius 2 is 1.95 bits per heavy atom. The fraction of sp³-hybridized carbons (Fsp3) is 0.188. The molecule has 0 amide bonds. The summed E-state index contributed by atoms with van der Waals surface area (Å²) >= 11 is 6.00. The zero-order valence-corrected chi connectivity index (χ0v) is 11.7. The minimum Gasteiger partial charge on any atom is -0.377 e. The summed E-state index contributed by atoms with van der Waals surface area (Å²) in [5, 5.41) is 13.3. The first-order chi connectivity index (χ1) is 9.11. The van der Waals surface area contributed by atoms with E-state index >= 15 is 0 Å². The van der Waals surface area contributed by atoms with E-state index in [0.717, 1.165) is 21.8 Å². The molecule has 0 spiro atoms. The van der Waals surface area contributed by atoms with Crippen molar-refractivity contribution < 1.29 is 0 Å². The second-order valence-electron chi connectivity index (χ2n) is 4.53. The Labute approximate surface area is 118 Å². The van der Waals surface area contributed by atoms with E-state index in [0.29, 0.717) is 5.56 Å². The quantitative estimate of drug-likeness (QED) is 0.878. The van der Waals surface area contributed by atoms with E-state index in [2.05, 4.69) is 18.3 Å². The Balaban J connectivity index is 2.29. The molecule has 0 bridgehead atoms. The molecule has 19 heavy (non-hydrogen) atoms. The summed E-state index contributed by atoms with van der Waals surface area (Å²) in [4.78, 5) is 0. The van der Waals surface area contributed by atoms with E-state index in [1.807, 2.05) is 49.4 Å². The number of nitriles is 1. The molecule has 2 rings (SSSR count). The van der Waals surface area contributed by atoms with Gasteiger partial charge in [0, 0.05) is 11.1 Å². The van der Waals surface area contributed by atoms with Gasteiger partial charge in [-0.25, -0.2) is 0 Å². The highest BCUT2D eigenvalue weighted by atomic mass is 35.5. The van der Waals surface area contributed by atoms with Gasteiger partial charge in [-0.2, -0.15) is 5.26 Å². The van der Waals surface area contributed by atoms with E-state index in [4.69, 9.17) is 16.9 Å². The summed E-state index contributed by atoms with van der Waals surface area (Å²) in [5.74, 6) is 0. The molecule has 0 fully saturated rings. The van der Waals surface area contributed by atoms with Crippen LogP contribution in [0.2, 0.25) is 5.02 Å². The zero-order chi connectivity index (χ0) is 13.8. The number of hydrogen-bond donors (Lipinski definition) is 1. The van der Waals surface area contributed by atoms with Gasteiger partial charge in [-0.3, -0.25) is 0 Å². The summed E-state index contributed by atoms with van der Waals surface area (Å²) in [6.07, 6.45) is 0. The maximum absolute atomic E-state index is 9.16. The third kappa shape index (κ3) is 3.07. The molecule has 0 aliphatic carbocycles. The lowest BCUT2D eigenvalue weighted by Gasteiger charge is -2.18. The molecule has 0 saturated heterocycles. The lowest BCUT2D eigenvalue weighted by atomic mass is 10.0. The van der Waals surface area contributed by atoms with E-state index in [1.54, 1.807) is 0 Å². The van der Waals surface area contributed by atoms with Gasteiger partial charge in [0.1, 0.15) is 6.07 Å². The van der Waals surface area contributed by atoms with Crippen molar-refractivity contribution in [2.24, 2.45) is 0 Å². The number of para-hydroxylation sites is 1. The third-order valence-corrected chi connectivity index (χ3v) is 3.34. The van der Waals surface area contributed by atoms with Gasteiger partial charge in [-0.15, -0.1) is 0 Å². The Bertz CT molecular complexity index is 629. The number of anilines is 1. The molecule has 0 radical (unpaired) electrons. The van der Waals surface area contributed by atoms with Crippen LogP contribution in [0.25, 0.3) is 0 Å². The molecule has 2 aromatic carbocycles. The van der Waals surface area contributed by atoms with Gasteiger partial charge in [0.05, 0.1) is 11.3 Å². The van der Waals surface area contributed by atoms with Crippen molar-refractivity contribution in [3.8, 4) is 6.07 Å². The van der Waals surface area contributed by atoms with Crippen LogP contribution < -0.4 is 5.32 Å². The van der Waals surface area contributed by atoms with E-state index in [-0.39, 0.29) is 6.04 Å². The molecular weight excluding hydrogens is 256 g/mol. The van der Waals surface area contributed by atoms with Gasteiger partial charge in [-0.1, -0.05) is 35.9 Å². The molecule has 2 nitrogen and oxygen atoms in total. The van der Waals surface area contributed by atoms with Gasteiger partial charge >= 0.3 is 0 Å². The summed E-state index contributed by atoms with van der Waals surface area (Å²) in [6, 6.07) is 15.7. The Hall–Kier alpha value is -1.98. The molecule has 1 atom stereocenters. The summed E-state index contributed by atoms with van der Waals surface area (Å²) in [5.41, 5.74) is 3.71. The van der Waals surface area contributed by atoms with E-state index < -0.39 is 0 Å². The van der Waals surface area contributed by atoms with E-state index in [9.17, 15) is 0 Å². The molecule has 1 N–H and O–H groups in total. The van der Waals surface area contributed by atoms with Crippen molar-refractivity contribution in [3.63, 3.8) is 0 Å². The molecule has 2 aromatic rings. The number of rotatable bonds is 3. The van der Waals surface area contributed by atoms with Crippen molar-refractivity contribution in [2.45, 2.75) is 19.9 Å². The van der Waals surface area contributed by atoms with Crippen molar-refractivity contribution in [1.82, 2.24) is 0 Å². The SMILES string of the molecule is Cc1cccc(C#N)c1NC(C)c1cccc(Cl)c1.